The molecule has 7 nitrogen and oxygen atoms in total. The molecule has 1 N–H and O–H groups in total. The quantitative estimate of drug-likeness (QED) is 0.720. The van der Waals surface area contributed by atoms with Crippen molar-refractivity contribution in [3.63, 3.8) is 0 Å². The van der Waals surface area contributed by atoms with Crippen molar-refractivity contribution in [2.45, 2.75) is 13.0 Å². The first-order valence-electron chi connectivity index (χ1n) is 10.2. The van der Waals surface area contributed by atoms with E-state index >= 15 is 0 Å². The first-order chi connectivity index (χ1) is 14.6. The average Bonchev–Trinajstić information content (AvgIpc) is 2.79. The van der Waals surface area contributed by atoms with E-state index in [1.54, 1.807) is 38.3 Å². The third-order valence-corrected chi connectivity index (χ3v) is 5.15. The van der Waals surface area contributed by atoms with Gasteiger partial charge >= 0.3 is 0 Å². The molecule has 1 atom stereocenters. The van der Waals surface area contributed by atoms with Crippen molar-refractivity contribution >= 4 is 11.8 Å². The number of nitrogens with one attached hydrogen (secondary N) is 1. The fourth-order valence-corrected chi connectivity index (χ4v) is 3.37. The first-order valence-corrected chi connectivity index (χ1v) is 10.2. The number of carbonyl (C=O) groups excluding carboxylic acids is 2. The van der Waals surface area contributed by atoms with Gasteiger partial charge in [0, 0.05) is 44.8 Å². The summed E-state index contributed by atoms with van der Waals surface area (Å²) in [4.78, 5) is 28.9. The number of rotatable bonds is 8. The van der Waals surface area contributed by atoms with E-state index in [9.17, 15) is 9.59 Å². The van der Waals surface area contributed by atoms with Crippen molar-refractivity contribution in [1.29, 1.82) is 0 Å². The van der Waals surface area contributed by atoms with Crippen LogP contribution in [0.5, 0.6) is 11.5 Å². The highest BCUT2D eigenvalue weighted by molar-refractivity contribution is 5.94. The Kier molecular flexibility index (Phi) is 7.68. The van der Waals surface area contributed by atoms with Gasteiger partial charge in [0.25, 0.3) is 11.8 Å². The largest absolute Gasteiger partial charge is 0.497 e. The standard InChI is InChI=1S/C23H29N3O4/c1-18(30-21-6-4-3-5-7-21)23(28)26-16-14-25(15-17-26)13-12-24-22(27)19-8-10-20(29-2)11-9-19/h3-11,18H,12-17H2,1-2H3,(H,24,27). The van der Waals surface area contributed by atoms with Crippen LogP contribution in [0.15, 0.2) is 54.6 Å². The topological polar surface area (TPSA) is 71.1 Å². The number of benzene rings is 2. The second-order valence-electron chi connectivity index (χ2n) is 7.22. The second-order valence-corrected chi connectivity index (χ2v) is 7.22. The first kappa shape index (κ1) is 21.6. The molecule has 1 aliphatic heterocycles. The van der Waals surface area contributed by atoms with Gasteiger partial charge in [0.15, 0.2) is 6.10 Å². The minimum atomic E-state index is -0.511. The smallest absolute Gasteiger partial charge is 0.263 e. The predicted molar refractivity (Wildman–Crippen MR) is 115 cm³/mol. The summed E-state index contributed by atoms with van der Waals surface area (Å²) in [6, 6.07) is 16.4. The fourth-order valence-electron chi connectivity index (χ4n) is 3.37. The fraction of sp³-hybridized carbons (Fsp3) is 0.391. The molecule has 1 aliphatic rings. The van der Waals surface area contributed by atoms with Crippen LogP contribution in [0.25, 0.3) is 0 Å². The maximum absolute atomic E-state index is 12.6. The number of nitrogens with zero attached hydrogens (tertiary/aromatic N) is 2. The van der Waals surface area contributed by atoms with Crippen LogP contribution in [-0.2, 0) is 4.79 Å². The summed E-state index contributed by atoms with van der Waals surface area (Å²) >= 11 is 0. The monoisotopic (exact) mass is 411 g/mol. The highest BCUT2D eigenvalue weighted by Crippen LogP contribution is 2.13. The summed E-state index contributed by atoms with van der Waals surface area (Å²) in [7, 11) is 1.60. The molecule has 2 amide bonds. The Morgan fingerprint density at radius 2 is 1.63 bits per heavy atom. The molecular weight excluding hydrogens is 382 g/mol. The number of piperazine rings is 1. The van der Waals surface area contributed by atoms with Crippen molar-refractivity contribution in [2.24, 2.45) is 0 Å². The van der Waals surface area contributed by atoms with Gasteiger partial charge in [-0.1, -0.05) is 18.2 Å². The SMILES string of the molecule is COc1ccc(C(=O)NCCN2CCN(C(=O)C(C)Oc3ccccc3)CC2)cc1. The van der Waals surface area contributed by atoms with Gasteiger partial charge in [-0.2, -0.15) is 0 Å². The molecule has 1 saturated heterocycles. The van der Waals surface area contributed by atoms with Gasteiger partial charge < -0.3 is 19.7 Å². The van der Waals surface area contributed by atoms with Crippen molar-refractivity contribution < 1.29 is 19.1 Å². The highest BCUT2D eigenvalue weighted by Gasteiger charge is 2.25. The lowest BCUT2D eigenvalue weighted by Crippen LogP contribution is -2.52. The van der Waals surface area contributed by atoms with Crippen molar-refractivity contribution in [2.75, 3.05) is 46.4 Å². The van der Waals surface area contributed by atoms with E-state index in [4.69, 9.17) is 9.47 Å². The molecule has 0 aromatic heterocycles. The zero-order valence-electron chi connectivity index (χ0n) is 17.5. The van der Waals surface area contributed by atoms with E-state index in [0.717, 1.165) is 25.4 Å². The van der Waals surface area contributed by atoms with Gasteiger partial charge in [-0.25, -0.2) is 0 Å². The van der Waals surface area contributed by atoms with Crippen molar-refractivity contribution in [3.8, 4) is 11.5 Å². The van der Waals surface area contributed by atoms with Crippen LogP contribution in [0.3, 0.4) is 0 Å². The molecule has 0 bridgehead atoms. The summed E-state index contributed by atoms with van der Waals surface area (Å²) in [5.74, 6) is 1.33. The lowest BCUT2D eigenvalue weighted by atomic mass is 10.2. The van der Waals surface area contributed by atoms with Crippen molar-refractivity contribution in [3.05, 3.63) is 60.2 Å². The molecule has 1 unspecified atom stereocenters. The third-order valence-electron chi connectivity index (χ3n) is 5.15. The maximum Gasteiger partial charge on any atom is 0.263 e. The Hall–Kier alpha value is -3.06. The summed E-state index contributed by atoms with van der Waals surface area (Å²) in [6.45, 7) is 5.98. The van der Waals surface area contributed by atoms with Crippen LogP contribution in [0.2, 0.25) is 0 Å². The van der Waals surface area contributed by atoms with Crippen molar-refractivity contribution in [1.82, 2.24) is 15.1 Å². The minimum Gasteiger partial charge on any atom is -0.497 e. The summed E-state index contributed by atoms with van der Waals surface area (Å²) in [5, 5.41) is 2.94. The Balaban J connectivity index is 1.36. The summed E-state index contributed by atoms with van der Waals surface area (Å²) < 4.78 is 10.8. The molecule has 1 fully saturated rings. The highest BCUT2D eigenvalue weighted by atomic mass is 16.5. The third kappa shape index (κ3) is 5.97. The zero-order chi connectivity index (χ0) is 21.3. The van der Waals surface area contributed by atoms with E-state index in [1.807, 2.05) is 35.2 Å². The molecule has 2 aromatic rings. The van der Waals surface area contributed by atoms with Gasteiger partial charge in [-0.15, -0.1) is 0 Å². The second kappa shape index (κ2) is 10.6. The van der Waals surface area contributed by atoms with Crippen LogP contribution in [0.1, 0.15) is 17.3 Å². The summed E-state index contributed by atoms with van der Waals surface area (Å²) in [6.07, 6.45) is -0.511. The Labute approximate surface area is 177 Å². The van der Waals surface area contributed by atoms with Crippen LogP contribution in [0, 0.1) is 0 Å². The molecule has 0 saturated carbocycles. The van der Waals surface area contributed by atoms with Gasteiger partial charge in [-0.05, 0) is 43.3 Å². The van der Waals surface area contributed by atoms with Gasteiger partial charge in [0.1, 0.15) is 11.5 Å². The molecule has 2 aromatic carbocycles. The number of amides is 2. The Morgan fingerprint density at radius 1 is 0.967 bits per heavy atom. The molecule has 0 radical (unpaired) electrons. The minimum absolute atomic E-state index is 0.00584. The molecular formula is C23H29N3O4. The number of ether oxygens (including phenoxy) is 2. The van der Waals surface area contributed by atoms with E-state index in [0.29, 0.717) is 30.9 Å². The molecule has 160 valence electrons. The van der Waals surface area contributed by atoms with E-state index < -0.39 is 6.10 Å². The molecule has 0 aliphatic carbocycles. The molecule has 1 heterocycles. The van der Waals surface area contributed by atoms with Crippen LogP contribution >= 0.6 is 0 Å². The van der Waals surface area contributed by atoms with Gasteiger partial charge in [-0.3, -0.25) is 14.5 Å². The normalized spacial score (nSPS) is 15.3. The van der Waals surface area contributed by atoms with E-state index in [-0.39, 0.29) is 11.8 Å². The number of hydrogen-bond donors (Lipinski definition) is 1. The molecule has 7 heteroatoms. The van der Waals surface area contributed by atoms with Crippen LogP contribution in [-0.4, -0.2) is 74.1 Å². The average molecular weight is 412 g/mol. The number of carbonyl (C=O) groups is 2. The summed E-state index contributed by atoms with van der Waals surface area (Å²) in [5.41, 5.74) is 0.610. The maximum atomic E-state index is 12.6. The van der Waals surface area contributed by atoms with Gasteiger partial charge in [0.05, 0.1) is 7.11 Å². The number of para-hydroxylation sites is 1. The van der Waals surface area contributed by atoms with Crippen LogP contribution in [0.4, 0.5) is 0 Å². The van der Waals surface area contributed by atoms with E-state index in [2.05, 4.69) is 10.2 Å². The molecule has 3 rings (SSSR count). The van der Waals surface area contributed by atoms with Crippen LogP contribution < -0.4 is 14.8 Å². The van der Waals surface area contributed by atoms with E-state index in [1.165, 1.54) is 0 Å². The number of methoxy groups -OCH3 is 1. The lowest BCUT2D eigenvalue weighted by Gasteiger charge is -2.35. The zero-order valence-corrected chi connectivity index (χ0v) is 17.5. The molecule has 0 spiro atoms. The Morgan fingerprint density at radius 3 is 2.27 bits per heavy atom. The Bertz CT molecular complexity index is 818. The molecule has 30 heavy (non-hydrogen) atoms. The lowest BCUT2D eigenvalue weighted by molar-refractivity contribution is -0.139. The predicted octanol–water partition coefficient (Wildman–Crippen LogP) is 2.04. The number of hydrogen-bond acceptors (Lipinski definition) is 5. The van der Waals surface area contributed by atoms with Gasteiger partial charge in [0.2, 0.25) is 0 Å².